The molecule has 2 rings (SSSR count). The Balaban J connectivity index is 2.04. The van der Waals surface area contributed by atoms with E-state index in [-0.39, 0.29) is 5.41 Å². The van der Waals surface area contributed by atoms with Gasteiger partial charge in [-0.25, -0.2) is 8.78 Å². The minimum absolute atomic E-state index is 0.00220. The van der Waals surface area contributed by atoms with Crippen molar-refractivity contribution < 1.29 is 13.6 Å². The number of anilines is 1. The quantitative estimate of drug-likeness (QED) is 0.893. The molecule has 0 saturated carbocycles. The number of nitrogens with one attached hydrogen (secondary N) is 1. The Morgan fingerprint density at radius 1 is 1.48 bits per heavy atom. The molecule has 1 saturated heterocycles. The molecule has 0 bridgehead atoms. The number of nitrogens with zero attached hydrogens (tertiary/aromatic N) is 1. The van der Waals surface area contributed by atoms with Crippen LogP contribution in [0, 0.1) is 17.0 Å². The molecule has 3 N–H and O–H groups in total. The first-order valence-corrected chi connectivity index (χ1v) is 7.05. The van der Waals surface area contributed by atoms with E-state index >= 15 is 0 Å². The molecule has 0 aromatic heterocycles. The van der Waals surface area contributed by atoms with Gasteiger partial charge in [-0.05, 0) is 44.0 Å². The van der Waals surface area contributed by atoms with Gasteiger partial charge in [-0.2, -0.15) is 0 Å². The van der Waals surface area contributed by atoms with Gasteiger partial charge in [0.1, 0.15) is 17.3 Å². The Bertz CT molecular complexity index is 517. The summed E-state index contributed by atoms with van der Waals surface area (Å²) in [6.45, 7) is 5.82. The smallest absolute Gasteiger partial charge is 0.241 e. The number of rotatable bonds is 4. The Hall–Kier alpha value is -1.53. The lowest BCUT2D eigenvalue weighted by Gasteiger charge is -2.26. The Labute approximate surface area is 123 Å². The molecule has 6 heteroatoms. The van der Waals surface area contributed by atoms with Crippen LogP contribution in [0.5, 0.6) is 0 Å². The van der Waals surface area contributed by atoms with Crippen LogP contribution < -0.4 is 11.1 Å². The third-order valence-electron chi connectivity index (χ3n) is 4.22. The lowest BCUT2D eigenvalue weighted by molar-refractivity contribution is -0.120. The molecule has 1 heterocycles. The summed E-state index contributed by atoms with van der Waals surface area (Å²) in [5.74, 6) is -1.96. The van der Waals surface area contributed by atoms with E-state index in [0.717, 1.165) is 25.1 Å². The van der Waals surface area contributed by atoms with E-state index in [1.54, 1.807) is 6.92 Å². The van der Waals surface area contributed by atoms with Crippen LogP contribution in [0.2, 0.25) is 0 Å². The van der Waals surface area contributed by atoms with Crippen molar-refractivity contribution in [2.75, 3.05) is 25.0 Å². The van der Waals surface area contributed by atoms with Crippen LogP contribution in [0.3, 0.4) is 0 Å². The molecular formula is C15H21F2N3O. The van der Waals surface area contributed by atoms with Crippen LogP contribution in [0.25, 0.3) is 0 Å². The summed E-state index contributed by atoms with van der Waals surface area (Å²) >= 11 is 0. The summed E-state index contributed by atoms with van der Waals surface area (Å²) < 4.78 is 27.1. The molecule has 1 aromatic rings. The first-order valence-electron chi connectivity index (χ1n) is 7.05. The molecule has 4 nitrogen and oxygen atoms in total. The van der Waals surface area contributed by atoms with E-state index in [1.165, 1.54) is 6.07 Å². The van der Waals surface area contributed by atoms with Crippen molar-refractivity contribution in [1.29, 1.82) is 0 Å². The summed E-state index contributed by atoms with van der Waals surface area (Å²) in [7, 11) is 0. The fraction of sp³-hybridized carbons (Fsp3) is 0.533. The van der Waals surface area contributed by atoms with Gasteiger partial charge in [0.05, 0.1) is 6.04 Å². The van der Waals surface area contributed by atoms with Gasteiger partial charge < -0.3 is 11.1 Å². The van der Waals surface area contributed by atoms with Crippen molar-refractivity contribution >= 4 is 11.6 Å². The monoisotopic (exact) mass is 297 g/mol. The van der Waals surface area contributed by atoms with Crippen molar-refractivity contribution in [2.45, 2.75) is 26.3 Å². The normalized spacial score (nSPS) is 24.0. The van der Waals surface area contributed by atoms with Crippen molar-refractivity contribution in [3.63, 3.8) is 0 Å². The highest BCUT2D eigenvalue weighted by molar-refractivity contribution is 5.94. The molecule has 0 spiro atoms. The zero-order valence-electron chi connectivity index (χ0n) is 12.3. The number of likely N-dealkylation sites (tertiary alicyclic amines) is 1. The first kappa shape index (κ1) is 15.9. The summed E-state index contributed by atoms with van der Waals surface area (Å²) in [6, 6.07) is 3.03. The molecule has 1 aliphatic heterocycles. The molecule has 21 heavy (non-hydrogen) atoms. The number of hydrogen-bond acceptors (Lipinski definition) is 3. The molecule has 1 fully saturated rings. The highest BCUT2D eigenvalue weighted by atomic mass is 19.1. The molecule has 0 radical (unpaired) electrons. The van der Waals surface area contributed by atoms with Crippen molar-refractivity contribution in [1.82, 2.24) is 4.90 Å². The predicted molar refractivity (Wildman–Crippen MR) is 77.8 cm³/mol. The number of carbonyl (C=O) groups excluding carboxylic acids is 1. The number of halogens is 2. The SMILES string of the molecule is CC(C(=O)Nc1c(F)cccc1F)N1CCC(C)(CN)C1. The van der Waals surface area contributed by atoms with Gasteiger partial charge in [-0.1, -0.05) is 13.0 Å². The van der Waals surface area contributed by atoms with E-state index < -0.39 is 29.3 Å². The van der Waals surface area contributed by atoms with Crippen molar-refractivity contribution in [2.24, 2.45) is 11.1 Å². The van der Waals surface area contributed by atoms with Gasteiger partial charge in [0.25, 0.3) is 0 Å². The van der Waals surface area contributed by atoms with Crippen molar-refractivity contribution in [3.8, 4) is 0 Å². The van der Waals surface area contributed by atoms with E-state index in [4.69, 9.17) is 5.73 Å². The Kier molecular flexibility index (Phi) is 4.58. The topological polar surface area (TPSA) is 58.4 Å². The first-order chi connectivity index (χ1) is 9.86. The number of nitrogens with two attached hydrogens (primary N) is 1. The number of benzene rings is 1. The summed E-state index contributed by atoms with van der Waals surface area (Å²) in [5, 5.41) is 2.34. The van der Waals surface area contributed by atoms with Gasteiger partial charge in [-0.3, -0.25) is 9.69 Å². The highest BCUT2D eigenvalue weighted by Gasteiger charge is 2.36. The second-order valence-corrected chi connectivity index (χ2v) is 6.00. The van der Waals surface area contributed by atoms with Crippen LogP contribution in [0.1, 0.15) is 20.3 Å². The minimum atomic E-state index is -0.774. The number of hydrogen-bond donors (Lipinski definition) is 2. The number of amides is 1. The lowest BCUT2D eigenvalue weighted by Crippen LogP contribution is -2.42. The minimum Gasteiger partial charge on any atom is -0.330 e. The largest absolute Gasteiger partial charge is 0.330 e. The van der Waals surface area contributed by atoms with Gasteiger partial charge in [0.15, 0.2) is 0 Å². The molecule has 1 aliphatic rings. The number of carbonyl (C=O) groups is 1. The van der Waals surface area contributed by atoms with E-state index in [0.29, 0.717) is 13.1 Å². The summed E-state index contributed by atoms with van der Waals surface area (Å²) in [4.78, 5) is 14.2. The molecule has 2 unspecified atom stereocenters. The average Bonchev–Trinajstić information content (AvgIpc) is 2.85. The average molecular weight is 297 g/mol. The zero-order valence-corrected chi connectivity index (χ0v) is 12.3. The molecule has 1 amide bonds. The Morgan fingerprint density at radius 3 is 2.62 bits per heavy atom. The molecular weight excluding hydrogens is 276 g/mol. The van der Waals surface area contributed by atoms with Gasteiger partial charge in [0, 0.05) is 6.54 Å². The molecule has 2 atom stereocenters. The maximum absolute atomic E-state index is 13.5. The standard InChI is InChI=1S/C15H21F2N3O/c1-10(20-7-6-15(2,8-18)9-20)14(21)19-13-11(16)4-3-5-12(13)17/h3-5,10H,6-9,18H2,1-2H3,(H,19,21). The second-order valence-electron chi connectivity index (χ2n) is 6.00. The lowest BCUT2D eigenvalue weighted by atomic mass is 9.90. The van der Waals surface area contributed by atoms with E-state index in [2.05, 4.69) is 12.2 Å². The summed E-state index contributed by atoms with van der Waals surface area (Å²) in [5.41, 5.74) is 5.35. The third-order valence-corrected chi connectivity index (χ3v) is 4.22. The van der Waals surface area contributed by atoms with Crippen LogP contribution in [-0.4, -0.2) is 36.5 Å². The van der Waals surface area contributed by atoms with Crippen LogP contribution in [0.4, 0.5) is 14.5 Å². The maximum atomic E-state index is 13.5. The summed E-state index contributed by atoms with van der Waals surface area (Å²) in [6.07, 6.45) is 0.912. The second kappa shape index (κ2) is 6.07. The van der Waals surface area contributed by atoms with E-state index in [1.807, 2.05) is 4.90 Å². The van der Waals surface area contributed by atoms with Crippen molar-refractivity contribution in [3.05, 3.63) is 29.8 Å². The highest BCUT2D eigenvalue weighted by Crippen LogP contribution is 2.30. The van der Waals surface area contributed by atoms with E-state index in [9.17, 15) is 13.6 Å². The van der Waals surface area contributed by atoms with Gasteiger partial charge in [0.2, 0.25) is 5.91 Å². The van der Waals surface area contributed by atoms with Crippen LogP contribution in [0.15, 0.2) is 18.2 Å². The molecule has 1 aromatic carbocycles. The maximum Gasteiger partial charge on any atom is 0.241 e. The predicted octanol–water partition coefficient (Wildman–Crippen LogP) is 1.96. The van der Waals surface area contributed by atoms with Gasteiger partial charge >= 0.3 is 0 Å². The molecule has 0 aliphatic carbocycles. The molecule has 116 valence electrons. The fourth-order valence-electron chi connectivity index (χ4n) is 2.57. The zero-order chi connectivity index (χ0) is 15.6. The van der Waals surface area contributed by atoms with Gasteiger partial charge in [-0.15, -0.1) is 0 Å². The third kappa shape index (κ3) is 3.39. The fourth-order valence-corrected chi connectivity index (χ4v) is 2.57. The number of para-hydroxylation sites is 1. The van der Waals surface area contributed by atoms with Crippen LogP contribution >= 0.6 is 0 Å². The Morgan fingerprint density at radius 2 is 2.10 bits per heavy atom. The van der Waals surface area contributed by atoms with Crippen LogP contribution in [-0.2, 0) is 4.79 Å².